The molecule has 0 aliphatic rings. The van der Waals surface area contributed by atoms with Crippen LogP contribution in [-0.2, 0) is 6.54 Å². The summed E-state index contributed by atoms with van der Waals surface area (Å²) in [4.78, 5) is 14.8. The zero-order valence-electron chi connectivity index (χ0n) is 10.2. The molecule has 6 heteroatoms. The molecule has 94 valence electrons. The second kappa shape index (κ2) is 5.97. The molecule has 0 radical (unpaired) electrons. The van der Waals surface area contributed by atoms with Gasteiger partial charge in [0.15, 0.2) is 5.69 Å². The molecule has 0 saturated heterocycles. The van der Waals surface area contributed by atoms with Crippen molar-refractivity contribution in [1.29, 1.82) is 0 Å². The maximum atomic E-state index is 12.0. The Morgan fingerprint density at radius 3 is 2.67 bits per heavy atom. The zero-order chi connectivity index (χ0) is 13.0. The van der Waals surface area contributed by atoms with Gasteiger partial charge < -0.3 is 4.90 Å². The molecule has 1 aromatic carbocycles. The first-order valence-electron chi connectivity index (χ1n) is 5.36. The van der Waals surface area contributed by atoms with Gasteiger partial charge in [-0.3, -0.25) is 4.79 Å². The molecule has 1 heterocycles. The summed E-state index contributed by atoms with van der Waals surface area (Å²) in [6.45, 7) is 0.574. The van der Waals surface area contributed by atoms with Crippen molar-refractivity contribution in [3.05, 3.63) is 41.7 Å². The van der Waals surface area contributed by atoms with Crippen molar-refractivity contribution < 1.29 is 4.79 Å². The molecule has 2 aromatic rings. The normalized spacial score (nSPS) is 10.3. The van der Waals surface area contributed by atoms with Crippen molar-refractivity contribution >= 4 is 29.4 Å². The molecule has 0 aliphatic carbocycles. The van der Waals surface area contributed by atoms with Gasteiger partial charge in [-0.1, -0.05) is 12.1 Å². The quantitative estimate of drug-likeness (QED) is 0.807. The Morgan fingerprint density at radius 1 is 1.39 bits per heavy atom. The maximum Gasteiger partial charge on any atom is 0.275 e. The van der Waals surface area contributed by atoms with E-state index in [-0.39, 0.29) is 5.91 Å². The van der Waals surface area contributed by atoms with Gasteiger partial charge in [-0.2, -0.15) is 8.75 Å². The highest BCUT2D eigenvalue weighted by atomic mass is 32.2. The number of aromatic nitrogens is 2. The van der Waals surface area contributed by atoms with E-state index in [1.54, 1.807) is 23.7 Å². The van der Waals surface area contributed by atoms with E-state index in [4.69, 9.17) is 0 Å². The molecule has 1 aromatic heterocycles. The third-order valence-electron chi connectivity index (χ3n) is 2.51. The summed E-state index contributed by atoms with van der Waals surface area (Å²) in [5.41, 5.74) is 1.51. The van der Waals surface area contributed by atoms with E-state index in [0.29, 0.717) is 12.2 Å². The molecule has 0 bridgehead atoms. The summed E-state index contributed by atoms with van der Waals surface area (Å²) in [5, 5.41) is 0. The minimum absolute atomic E-state index is 0.0994. The van der Waals surface area contributed by atoms with Gasteiger partial charge in [-0.25, -0.2) is 0 Å². The summed E-state index contributed by atoms with van der Waals surface area (Å²) in [7, 11) is 1.77. The average Bonchev–Trinajstić information content (AvgIpc) is 2.92. The Morgan fingerprint density at radius 2 is 2.11 bits per heavy atom. The van der Waals surface area contributed by atoms with Crippen molar-refractivity contribution in [1.82, 2.24) is 13.6 Å². The molecule has 2 rings (SSSR count). The summed E-state index contributed by atoms with van der Waals surface area (Å²) < 4.78 is 7.78. The van der Waals surface area contributed by atoms with E-state index in [1.807, 2.05) is 18.4 Å². The smallest absolute Gasteiger partial charge is 0.275 e. The van der Waals surface area contributed by atoms with E-state index >= 15 is 0 Å². The average molecular weight is 279 g/mol. The molecule has 18 heavy (non-hydrogen) atoms. The first-order chi connectivity index (χ1) is 8.70. The van der Waals surface area contributed by atoms with Crippen LogP contribution < -0.4 is 0 Å². The van der Waals surface area contributed by atoms with E-state index in [1.165, 1.54) is 11.1 Å². The minimum atomic E-state index is -0.0994. The lowest BCUT2D eigenvalue weighted by Gasteiger charge is -2.15. The van der Waals surface area contributed by atoms with Gasteiger partial charge >= 0.3 is 0 Å². The Labute approximate surface area is 114 Å². The Kier molecular flexibility index (Phi) is 4.33. The topological polar surface area (TPSA) is 46.1 Å². The predicted molar refractivity (Wildman–Crippen MR) is 73.9 cm³/mol. The number of benzene rings is 1. The highest BCUT2D eigenvalue weighted by molar-refractivity contribution is 7.98. The number of rotatable bonds is 4. The molecule has 0 atom stereocenters. The highest BCUT2D eigenvalue weighted by Gasteiger charge is 2.14. The van der Waals surface area contributed by atoms with Crippen LogP contribution in [-0.4, -0.2) is 32.9 Å². The first-order valence-corrected chi connectivity index (χ1v) is 7.32. The Bertz CT molecular complexity index is 511. The van der Waals surface area contributed by atoms with Gasteiger partial charge in [-0.15, -0.1) is 11.8 Å². The van der Waals surface area contributed by atoms with Crippen LogP contribution in [0.1, 0.15) is 16.1 Å². The molecule has 0 fully saturated rings. The van der Waals surface area contributed by atoms with Gasteiger partial charge in [0.05, 0.1) is 17.9 Å². The first kappa shape index (κ1) is 13.0. The molecule has 1 amide bonds. The predicted octanol–water partition coefficient (Wildman–Crippen LogP) is 2.53. The molecule has 0 saturated carbocycles. The van der Waals surface area contributed by atoms with Crippen LogP contribution in [0.2, 0.25) is 0 Å². The SMILES string of the molecule is CSc1ccc(CN(C)C(=O)c2cnsn2)cc1. The van der Waals surface area contributed by atoms with E-state index in [0.717, 1.165) is 17.3 Å². The van der Waals surface area contributed by atoms with Crippen LogP contribution in [0.4, 0.5) is 0 Å². The lowest BCUT2D eigenvalue weighted by atomic mass is 10.2. The summed E-state index contributed by atoms with van der Waals surface area (Å²) in [6.07, 6.45) is 3.54. The molecule has 0 spiro atoms. The summed E-state index contributed by atoms with van der Waals surface area (Å²) >= 11 is 2.75. The number of nitrogens with zero attached hydrogens (tertiary/aromatic N) is 3. The molecule has 4 nitrogen and oxygen atoms in total. The lowest BCUT2D eigenvalue weighted by Crippen LogP contribution is -2.26. The third kappa shape index (κ3) is 3.08. The van der Waals surface area contributed by atoms with Crippen LogP contribution in [0.3, 0.4) is 0 Å². The second-order valence-electron chi connectivity index (χ2n) is 3.80. The highest BCUT2D eigenvalue weighted by Crippen LogP contribution is 2.16. The fourth-order valence-electron chi connectivity index (χ4n) is 1.53. The van der Waals surface area contributed by atoms with Gasteiger partial charge in [-0.05, 0) is 24.0 Å². The second-order valence-corrected chi connectivity index (χ2v) is 5.24. The van der Waals surface area contributed by atoms with Crippen LogP contribution >= 0.6 is 23.5 Å². The van der Waals surface area contributed by atoms with Crippen molar-refractivity contribution in [2.24, 2.45) is 0 Å². The molecule has 0 aliphatic heterocycles. The number of carbonyl (C=O) groups excluding carboxylic acids is 1. The van der Waals surface area contributed by atoms with Crippen LogP contribution in [0.5, 0.6) is 0 Å². The summed E-state index contributed by atoms with van der Waals surface area (Å²) in [5.74, 6) is -0.0994. The largest absolute Gasteiger partial charge is 0.336 e. The Balaban J connectivity index is 2.02. The van der Waals surface area contributed by atoms with Crippen LogP contribution in [0.15, 0.2) is 35.4 Å². The van der Waals surface area contributed by atoms with Crippen LogP contribution in [0.25, 0.3) is 0 Å². The van der Waals surface area contributed by atoms with Crippen LogP contribution in [0, 0.1) is 0 Å². The molecule has 0 unspecified atom stereocenters. The minimum Gasteiger partial charge on any atom is -0.336 e. The van der Waals surface area contributed by atoms with Gasteiger partial charge in [0.25, 0.3) is 5.91 Å². The van der Waals surface area contributed by atoms with E-state index in [2.05, 4.69) is 20.9 Å². The van der Waals surface area contributed by atoms with Crippen molar-refractivity contribution in [3.63, 3.8) is 0 Å². The monoisotopic (exact) mass is 279 g/mol. The fraction of sp³-hybridized carbons (Fsp3) is 0.250. The van der Waals surface area contributed by atoms with Gasteiger partial charge in [0.2, 0.25) is 0 Å². The van der Waals surface area contributed by atoms with Crippen molar-refractivity contribution in [3.8, 4) is 0 Å². The number of carbonyl (C=O) groups is 1. The molecule has 0 N–H and O–H groups in total. The molecular weight excluding hydrogens is 266 g/mol. The van der Waals surface area contributed by atoms with E-state index < -0.39 is 0 Å². The van der Waals surface area contributed by atoms with Gasteiger partial charge in [0.1, 0.15) is 0 Å². The lowest BCUT2D eigenvalue weighted by molar-refractivity contribution is 0.0780. The van der Waals surface area contributed by atoms with Crippen molar-refractivity contribution in [2.45, 2.75) is 11.4 Å². The number of hydrogen-bond donors (Lipinski definition) is 0. The van der Waals surface area contributed by atoms with E-state index in [9.17, 15) is 4.79 Å². The summed E-state index contributed by atoms with van der Waals surface area (Å²) in [6, 6.07) is 8.19. The fourth-order valence-corrected chi connectivity index (χ4v) is 2.35. The van der Waals surface area contributed by atoms with Gasteiger partial charge in [0, 0.05) is 18.5 Å². The number of hydrogen-bond acceptors (Lipinski definition) is 5. The number of thioether (sulfide) groups is 1. The molecular formula is C12H13N3OS2. The third-order valence-corrected chi connectivity index (χ3v) is 3.73. The maximum absolute atomic E-state index is 12.0. The standard InChI is InChI=1S/C12H13N3OS2/c1-15(12(16)11-7-13-18-14-11)8-9-3-5-10(17-2)6-4-9/h3-7H,8H2,1-2H3. The zero-order valence-corrected chi connectivity index (χ0v) is 11.8. The number of amides is 1. The Hall–Kier alpha value is -1.40. The van der Waals surface area contributed by atoms with Crippen molar-refractivity contribution in [2.75, 3.05) is 13.3 Å².